The van der Waals surface area contributed by atoms with Crippen molar-refractivity contribution >= 4 is 35.1 Å². The van der Waals surface area contributed by atoms with Gasteiger partial charge in [0, 0.05) is 0 Å². The van der Waals surface area contributed by atoms with Gasteiger partial charge in [-0.2, -0.15) is 0 Å². The zero-order valence-corrected chi connectivity index (χ0v) is 16.0. The van der Waals surface area contributed by atoms with Crippen molar-refractivity contribution in [1.82, 2.24) is 10.2 Å². The number of urea groups is 1. The van der Waals surface area contributed by atoms with Crippen molar-refractivity contribution in [2.24, 2.45) is 0 Å². The second-order valence-electron chi connectivity index (χ2n) is 6.70. The van der Waals surface area contributed by atoms with Gasteiger partial charge in [0.25, 0.3) is 5.91 Å². The van der Waals surface area contributed by atoms with E-state index in [1.165, 1.54) is 4.90 Å². The fourth-order valence-electron chi connectivity index (χ4n) is 3.87. The van der Waals surface area contributed by atoms with E-state index >= 15 is 0 Å². The van der Waals surface area contributed by atoms with Crippen LogP contribution in [0.2, 0.25) is 10.0 Å². The quantitative estimate of drug-likeness (QED) is 0.778. The second-order valence-corrected chi connectivity index (χ2v) is 7.52. The standard InChI is InChI=1S/C20H18Cl2N2O3/c21-15-8-3-9-16(22)17(15)27-12-11-24-18(25)20(23-19(24)26)10-4-6-13-5-1-2-7-14(13)20/h1-3,5,7-9H,4,6,10-12H2,(H,23,26). The first-order valence-electron chi connectivity index (χ1n) is 8.82. The van der Waals surface area contributed by atoms with Crippen LogP contribution in [0.15, 0.2) is 42.5 Å². The molecular weight excluding hydrogens is 387 g/mol. The number of imide groups is 1. The second kappa shape index (κ2) is 7.06. The lowest BCUT2D eigenvalue weighted by Gasteiger charge is -2.33. The van der Waals surface area contributed by atoms with E-state index in [0.717, 1.165) is 24.0 Å². The first-order chi connectivity index (χ1) is 13.0. The molecule has 27 heavy (non-hydrogen) atoms. The molecule has 2 aliphatic rings. The summed E-state index contributed by atoms with van der Waals surface area (Å²) in [5.74, 6) is 0.124. The minimum Gasteiger partial charge on any atom is -0.489 e. The van der Waals surface area contributed by atoms with Gasteiger partial charge in [0.05, 0.1) is 16.6 Å². The van der Waals surface area contributed by atoms with E-state index in [2.05, 4.69) is 5.32 Å². The van der Waals surface area contributed by atoms with Crippen molar-refractivity contribution in [3.05, 3.63) is 63.6 Å². The number of hydrogen-bond acceptors (Lipinski definition) is 3. The number of aryl methyl sites for hydroxylation is 1. The molecule has 1 atom stereocenters. The molecule has 1 fully saturated rings. The predicted molar refractivity (Wildman–Crippen MR) is 103 cm³/mol. The van der Waals surface area contributed by atoms with E-state index < -0.39 is 11.6 Å². The van der Waals surface area contributed by atoms with Crippen LogP contribution in [-0.4, -0.2) is 30.0 Å². The molecular formula is C20H18Cl2N2O3. The molecule has 1 saturated heterocycles. The molecule has 1 aliphatic heterocycles. The first kappa shape index (κ1) is 18.1. The highest BCUT2D eigenvalue weighted by atomic mass is 35.5. The Balaban J connectivity index is 1.51. The van der Waals surface area contributed by atoms with E-state index in [-0.39, 0.29) is 19.1 Å². The largest absolute Gasteiger partial charge is 0.489 e. The maximum Gasteiger partial charge on any atom is 0.325 e. The molecule has 5 nitrogen and oxygen atoms in total. The van der Waals surface area contributed by atoms with Crippen molar-refractivity contribution in [3.8, 4) is 5.75 Å². The van der Waals surface area contributed by atoms with Crippen LogP contribution >= 0.6 is 23.2 Å². The molecule has 1 unspecified atom stereocenters. The van der Waals surface area contributed by atoms with Crippen LogP contribution in [0.5, 0.6) is 5.75 Å². The fourth-order valence-corrected chi connectivity index (χ4v) is 4.38. The molecule has 140 valence electrons. The molecule has 0 radical (unpaired) electrons. The summed E-state index contributed by atoms with van der Waals surface area (Å²) in [6.45, 7) is 0.233. The van der Waals surface area contributed by atoms with Crippen LogP contribution in [-0.2, 0) is 16.8 Å². The maximum atomic E-state index is 13.2. The van der Waals surface area contributed by atoms with Gasteiger partial charge in [-0.05, 0) is 42.5 Å². The van der Waals surface area contributed by atoms with Gasteiger partial charge in [-0.3, -0.25) is 9.69 Å². The Bertz CT molecular complexity index is 898. The molecule has 0 saturated carbocycles. The van der Waals surface area contributed by atoms with Crippen molar-refractivity contribution in [2.45, 2.75) is 24.8 Å². The summed E-state index contributed by atoms with van der Waals surface area (Å²) in [5.41, 5.74) is 1.04. The Morgan fingerprint density at radius 1 is 1.07 bits per heavy atom. The SMILES string of the molecule is O=C1NC2(CCCc3ccccc32)C(=O)N1CCOc1c(Cl)cccc1Cl. The van der Waals surface area contributed by atoms with Gasteiger partial charge in [-0.1, -0.05) is 53.5 Å². The summed E-state index contributed by atoms with van der Waals surface area (Å²) in [6.07, 6.45) is 2.36. The van der Waals surface area contributed by atoms with Crippen molar-refractivity contribution in [3.63, 3.8) is 0 Å². The molecule has 2 aromatic rings. The van der Waals surface area contributed by atoms with Crippen LogP contribution in [0, 0.1) is 0 Å². The number of carbonyl (C=O) groups is 2. The predicted octanol–water partition coefficient (Wildman–Crippen LogP) is 4.16. The van der Waals surface area contributed by atoms with Crippen LogP contribution in [0.4, 0.5) is 4.79 Å². The zero-order valence-electron chi connectivity index (χ0n) is 14.5. The van der Waals surface area contributed by atoms with Gasteiger partial charge in [0.15, 0.2) is 5.75 Å². The van der Waals surface area contributed by atoms with Gasteiger partial charge in [-0.25, -0.2) is 4.79 Å². The van der Waals surface area contributed by atoms with Crippen LogP contribution in [0.1, 0.15) is 24.0 Å². The number of fused-ring (bicyclic) bond motifs is 2. The third kappa shape index (κ3) is 3.05. The first-order valence-corrected chi connectivity index (χ1v) is 9.58. The van der Waals surface area contributed by atoms with Gasteiger partial charge in [0.2, 0.25) is 0 Å². The number of carbonyl (C=O) groups excluding carboxylic acids is 2. The van der Waals surface area contributed by atoms with Crippen LogP contribution in [0.3, 0.4) is 0 Å². The summed E-state index contributed by atoms with van der Waals surface area (Å²) in [4.78, 5) is 26.9. The van der Waals surface area contributed by atoms with E-state index in [1.807, 2.05) is 24.3 Å². The van der Waals surface area contributed by atoms with Gasteiger partial charge in [-0.15, -0.1) is 0 Å². The van der Waals surface area contributed by atoms with Gasteiger partial charge < -0.3 is 10.1 Å². The van der Waals surface area contributed by atoms with E-state index in [9.17, 15) is 9.59 Å². The van der Waals surface area contributed by atoms with E-state index in [0.29, 0.717) is 22.2 Å². The van der Waals surface area contributed by atoms with E-state index in [1.54, 1.807) is 18.2 Å². The van der Waals surface area contributed by atoms with Crippen LogP contribution < -0.4 is 10.1 Å². The van der Waals surface area contributed by atoms with Crippen molar-refractivity contribution < 1.29 is 14.3 Å². The summed E-state index contributed by atoms with van der Waals surface area (Å²) >= 11 is 12.2. The Kier molecular flexibility index (Phi) is 4.74. The van der Waals surface area contributed by atoms with Gasteiger partial charge >= 0.3 is 6.03 Å². The number of ether oxygens (including phenoxy) is 1. The number of hydrogen-bond donors (Lipinski definition) is 1. The number of benzene rings is 2. The number of nitrogens with one attached hydrogen (secondary N) is 1. The van der Waals surface area contributed by atoms with Crippen molar-refractivity contribution in [2.75, 3.05) is 13.2 Å². The number of nitrogens with zero attached hydrogens (tertiary/aromatic N) is 1. The van der Waals surface area contributed by atoms with Gasteiger partial charge in [0.1, 0.15) is 12.1 Å². The summed E-state index contributed by atoms with van der Waals surface area (Å²) in [5, 5.41) is 3.70. The Labute approximate surface area is 167 Å². The highest BCUT2D eigenvalue weighted by Crippen LogP contribution is 2.40. The lowest BCUT2D eigenvalue weighted by Crippen LogP contribution is -2.46. The number of rotatable bonds is 4. The Hall–Kier alpha value is -2.24. The summed E-state index contributed by atoms with van der Waals surface area (Å²) in [6, 6.07) is 12.5. The lowest BCUT2D eigenvalue weighted by molar-refractivity contribution is -0.132. The lowest BCUT2D eigenvalue weighted by atomic mass is 9.76. The molecule has 0 aromatic heterocycles. The molecule has 1 heterocycles. The number of amides is 3. The van der Waals surface area contributed by atoms with E-state index in [4.69, 9.17) is 27.9 Å². The summed E-state index contributed by atoms with van der Waals surface area (Å²) < 4.78 is 5.63. The topological polar surface area (TPSA) is 58.6 Å². The normalized spacial score (nSPS) is 21.3. The smallest absolute Gasteiger partial charge is 0.325 e. The molecule has 1 spiro atoms. The molecule has 0 bridgehead atoms. The highest BCUT2D eigenvalue weighted by molar-refractivity contribution is 6.37. The molecule has 4 rings (SSSR count). The Morgan fingerprint density at radius 2 is 1.81 bits per heavy atom. The number of para-hydroxylation sites is 1. The third-order valence-electron chi connectivity index (χ3n) is 5.13. The van der Waals surface area contributed by atoms with Crippen LogP contribution in [0.25, 0.3) is 0 Å². The zero-order chi connectivity index (χ0) is 19.0. The molecule has 3 amide bonds. The average molecular weight is 405 g/mol. The molecule has 1 aliphatic carbocycles. The monoisotopic (exact) mass is 404 g/mol. The molecule has 7 heteroatoms. The minimum absolute atomic E-state index is 0.111. The minimum atomic E-state index is -0.964. The third-order valence-corrected chi connectivity index (χ3v) is 5.73. The summed E-state index contributed by atoms with van der Waals surface area (Å²) in [7, 11) is 0. The maximum absolute atomic E-state index is 13.2. The Morgan fingerprint density at radius 3 is 2.59 bits per heavy atom. The molecule has 2 aromatic carbocycles. The number of halogens is 2. The highest BCUT2D eigenvalue weighted by Gasteiger charge is 2.53. The fraction of sp³-hybridized carbons (Fsp3) is 0.300. The average Bonchev–Trinajstić information content (AvgIpc) is 2.89. The molecule has 1 N–H and O–H groups in total. The van der Waals surface area contributed by atoms with Crippen molar-refractivity contribution in [1.29, 1.82) is 0 Å².